The van der Waals surface area contributed by atoms with Crippen molar-refractivity contribution < 1.29 is 4.74 Å². The Morgan fingerprint density at radius 2 is 1.71 bits per heavy atom. The van der Waals surface area contributed by atoms with Crippen molar-refractivity contribution >= 4 is 15.9 Å². The molecule has 2 aromatic rings. The Hall–Kier alpha value is -1.28. The van der Waals surface area contributed by atoms with E-state index < -0.39 is 0 Å². The lowest BCUT2D eigenvalue weighted by Gasteiger charge is -2.18. The molecule has 0 aliphatic rings. The van der Waals surface area contributed by atoms with Crippen LogP contribution < -0.4 is 4.74 Å². The maximum Gasteiger partial charge on any atom is 0.119 e. The Morgan fingerprint density at radius 3 is 2.33 bits per heavy atom. The van der Waals surface area contributed by atoms with Crippen LogP contribution in [0, 0.1) is 20.8 Å². The molecule has 2 aromatic carbocycles. The van der Waals surface area contributed by atoms with Gasteiger partial charge in [-0.05, 0) is 61.6 Å². The smallest absolute Gasteiger partial charge is 0.119 e. The van der Waals surface area contributed by atoms with E-state index >= 15 is 0 Å². The summed E-state index contributed by atoms with van der Waals surface area (Å²) >= 11 is 3.87. The summed E-state index contributed by atoms with van der Waals surface area (Å²) in [4.78, 5) is 0.197. The highest BCUT2D eigenvalue weighted by atomic mass is 79.9. The number of benzene rings is 2. The Balaban J connectivity index is 2.34. The van der Waals surface area contributed by atoms with Gasteiger partial charge >= 0.3 is 0 Å². The number of hydrogen-bond acceptors (Lipinski definition) is 1. The van der Waals surface area contributed by atoms with Crippen LogP contribution in [0.3, 0.4) is 0 Å². The lowest BCUT2D eigenvalue weighted by atomic mass is 9.94. The van der Waals surface area contributed by atoms with Gasteiger partial charge in [-0.15, -0.1) is 0 Å². The third-order valence-electron chi connectivity index (χ3n) is 3.62. The summed E-state index contributed by atoms with van der Waals surface area (Å²) in [6, 6.07) is 12.9. The topological polar surface area (TPSA) is 9.23 Å². The van der Waals surface area contributed by atoms with Crippen molar-refractivity contribution in [3.05, 3.63) is 64.2 Å². The van der Waals surface area contributed by atoms with Crippen molar-refractivity contribution in [2.75, 3.05) is 6.61 Å². The molecule has 1 atom stereocenters. The molecule has 1 unspecified atom stereocenters. The van der Waals surface area contributed by atoms with Gasteiger partial charge in [0.2, 0.25) is 0 Å². The van der Waals surface area contributed by atoms with E-state index in [4.69, 9.17) is 4.74 Å². The molecular formula is C19H23BrO. The summed E-state index contributed by atoms with van der Waals surface area (Å²) in [6.45, 7) is 9.39. The summed E-state index contributed by atoms with van der Waals surface area (Å²) in [5, 5.41) is 0. The van der Waals surface area contributed by atoms with Crippen LogP contribution in [-0.4, -0.2) is 6.61 Å². The average Bonchev–Trinajstić information content (AvgIpc) is 2.44. The zero-order chi connectivity index (χ0) is 15.4. The predicted octanol–water partition coefficient (Wildman–Crippen LogP) is 5.88. The van der Waals surface area contributed by atoms with E-state index in [0.717, 1.165) is 18.8 Å². The molecule has 0 amide bonds. The number of hydrogen-bond donors (Lipinski definition) is 0. The Kier molecular flexibility index (Phi) is 5.46. The van der Waals surface area contributed by atoms with Crippen molar-refractivity contribution in [3.8, 4) is 5.75 Å². The monoisotopic (exact) mass is 346 g/mol. The van der Waals surface area contributed by atoms with E-state index in [1.54, 1.807) is 0 Å². The highest BCUT2D eigenvalue weighted by Crippen LogP contribution is 2.36. The summed E-state index contributed by atoms with van der Waals surface area (Å²) in [5.41, 5.74) is 6.56. The molecule has 0 aliphatic carbocycles. The van der Waals surface area contributed by atoms with Gasteiger partial charge in [0.25, 0.3) is 0 Å². The van der Waals surface area contributed by atoms with Crippen molar-refractivity contribution in [1.29, 1.82) is 0 Å². The van der Waals surface area contributed by atoms with Crippen molar-refractivity contribution in [2.24, 2.45) is 0 Å². The van der Waals surface area contributed by atoms with Gasteiger partial charge < -0.3 is 4.74 Å². The molecule has 1 nitrogen and oxygen atoms in total. The third-order valence-corrected chi connectivity index (χ3v) is 4.60. The lowest BCUT2D eigenvalue weighted by molar-refractivity contribution is 0.317. The number of halogens is 1. The van der Waals surface area contributed by atoms with E-state index in [2.05, 4.69) is 74.0 Å². The van der Waals surface area contributed by atoms with Gasteiger partial charge in [0.15, 0.2) is 0 Å². The molecule has 0 heterocycles. The fourth-order valence-corrected chi connectivity index (χ4v) is 3.75. The minimum atomic E-state index is 0.197. The van der Waals surface area contributed by atoms with Gasteiger partial charge in [0.1, 0.15) is 5.75 Å². The molecule has 0 fully saturated rings. The average molecular weight is 347 g/mol. The van der Waals surface area contributed by atoms with Gasteiger partial charge in [0.05, 0.1) is 11.4 Å². The summed E-state index contributed by atoms with van der Waals surface area (Å²) in [6.07, 6.45) is 1.03. The molecule has 2 rings (SSSR count). The number of ether oxygens (including phenoxy) is 1. The number of rotatable bonds is 5. The highest BCUT2D eigenvalue weighted by molar-refractivity contribution is 9.09. The summed E-state index contributed by atoms with van der Waals surface area (Å²) < 4.78 is 5.74. The van der Waals surface area contributed by atoms with Crippen LogP contribution in [0.5, 0.6) is 5.75 Å². The van der Waals surface area contributed by atoms with E-state index in [9.17, 15) is 0 Å². The fourth-order valence-electron chi connectivity index (χ4n) is 2.74. The molecule has 0 radical (unpaired) electrons. The van der Waals surface area contributed by atoms with E-state index in [1.165, 1.54) is 27.8 Å². The second-order valence-electron chi connectivity index (χ2n) is 5.60. The molecule has 112 valence electrons. The van der Waals surface area contributed by atoms with Crippen molar-refractivity contribution in [2.45, 2.75) is 38.9 Å². The first-order chi connectivity index (χ1) is 10.0. The number of aryl methyl sites for hydroxylation is 3. The zero-order valence-electron chi connectivity index (χ0n) is 13.2. The maximum absolute atomic E-state index is 5.74. The summed E-state index contributed by atoms with van der Waals surface area (Å²) in [7, 11) is 0. The highest BCUT2D eigenvalue weighted by Gasteiger charge is 2.16. The lowest BCUT2D eigenvalue weighted by Crippen LogP contribution is -2.01. The molecule has 0 bridgehead atoms. The second kappa shape index (κ2) is 7.13. The maximum atomic E-state index is 5.74. The third kappa shape index (κ3) is 3.88. The number of alkyl halides is 1. The fraction of sp³-hybridized carbons (Fsp3) is 0.368. The second-order valence-corrected chi connectivity index (χ2v) is 6.51. The van der Waals surface area contributed by atoms with Crippen LogP contribution in [0.4, 0.5) is 0 Å². The normalized spacial score (nSPS) is 12.2. The molecule has 2 heteroatoms. The Morgan fingerprint density at radius 1 is 1.05 bits per heavy atom. The molecule has 0 N–H and O–H groups in total. The standard InChI is InChI=1S/C19H23BrO/c1-5-9-21-17-8-6-7-16(12-17)19(20)18-14(3)10-13(2)11-15(18)4/h6-8,10-12,19H,5,9H2,1-4H3. The van der Waals surface area contributed by atoms with Gasteiger partial charge in [-0.1, -0.05) is 52.7 Å². The van der Waals surface area contributed by atoms with Crippen LogP contribution >= 0.6 is 15.9 Å². The quantitative estimate of drug-likeness (QED) is 0.613. The van der Waals surface area contributed by atoms with E-state index in [1.807, 2.05) is 6.07 Å². The van der Waals surface area contributed by atoms with Crippen molar-refractivity contribution in [3.63, 3.8) is 0 Å². The van der Waals surface area contributed by atoms with Gasteiger partial charge in [-0.3, -0.25) is 0 Å². The van der Waals surface area contributed by atoms with Crippen LogP contribution in [0.2, 0.25) is 0 Å². The van der Waals surface area contributed by atoms with Gasteiger partial charge in [-0.2, -0.15) is 0 Å². The molecular weight excluding hydrogens is 324 g/mol. The minimum Gasteiger partial charge on any atom is -0.494 e. The molecule has 21 heavy (non-hydrogen) atoms. The van der Waals surface area contributed by atoms with Crippen LogP contribution in [-0.2, 0) is 0 Å². The van der Waals surface area contributed by atoms with Crippen molar-refractivity contribution in [1.82, 2.24) is 0 Å². The molecule has 0 saturated heterocycles. The minimum absolute atomic E-state index is 0.197. The predicted molar refractivity (Wildman–Crippen MR) is 93.7 cm³/mol. The van der Waals surface area contributed by atoms with E-state index in [0.29, 0.717) is 0 Å². The zero-order valence-corrected chi connectivity index (χ0v) is 14.8. The molecule has 0 aromatic heterocycles. The van der Waals surface area contributed by atoms with Gasteiger partial charge in [-0.25, -0.2) is 0 Å². The summed E-state index contributed by atoms with van der Waals surface area (Å²) in [5.74, 6) is 0.946. The first-order valence-corrected chi connectivity index (χ1v) is 8.39. The van der Waals surface area contributed by atoms with Gasteiger partial charge in [0, 0.05) is 0 Å². The molecule has 0 spiro atoms. The molecule has 0 saturated carbocycles. The Labute approximate surface area is 136 Å². The first-order valence-electron chi connectivity index (χ1n) is 7.47. The Bertz CT molecular complexity index is 596. The van der Waals surface area contributed by atoms with Crippen LogP contribution in [0.25, 0.3) is 0 Å². The van der Waals surface area contributed by atoms with Crippen LogP contribution in [0.1, 0.15) is 46.0 Å². The van der Waals surface area contributed by atoms with E-state index in [-0.39, 0.29) is 4.83 Å². The molecule has 0 aliphatic heterocycles. The SMILES string of the molecule is CCCOc1cccc(C(Br)c2c(C)cc(C)cc2C)c1. The van der Waals surface area contributed by atoms with Crippen LogP contribution in [0.15, 0.2) is 36.4 Å². The largest absolute Gasteiger partial charge is 0.494 e. The first kappa shape index (κ1) is 16.1.